The first-order chi connectivity index (χ1) is 15.4. The standard InChI is InChI=1S/C24H27N3O4S/c1-2-23(28)25-21-14-17-27(22-11-7-6-10-20(21)22)32(30,31)19-12-15-26(16-13-19)24(29)18-8-4-3-5-9-18/h2-11,19,21H,1,12-17H2,(H,25,28). The van der Waals surface area contributed by atoms with Gasteiger partial charge in [0.15, 0.2) is 0 Å². The van der Waals surface area contributed by atoms with E-state index < -0.39 is 15.3 Å². The lowest BCUT2D eigenvalue weighted by Crippen LogP contribution is -2.49. The summed E-state index contributed by atoms with van der Waals surface area (Å²) < 4.78 is 28.6. The third-order valence-corrected chi connectivity index (χ3v) is 8.49. The molecule has 2 aliphatic heterocycles. The van der Waals surface area contributed by atoms with E-state index in [2.05, 4.69) is 11.9 Å². The molecule has 2 aromatic rings. The van der Waals surface area contributed by atoms with Gasteiger partial charge in [0.2, 0.25) is 15.9 Å². The van der Waals surface area contributed by atoms with Crippen LogP contribution in [0.5, 0.6) is 0 Å². The molecule has 4 rings (SSSR count). The fourth-order valence-corrected chi connectivity index (χ4v) is 6.44. The van der Waals surface area contributed by atoms with Crippen LogP contribution in [0.15, 0.2) is 67.3 Å². The van der Waals surface area contributed by atoms with Crippen LogP contribution >= 0.6 is 0 Å². The lowest BCUT2D eigenvalue weighted by atomic mass is 9.98. The highest BCUT2D eigenvalue weighted by atomic mass is 32.2. The second kappa shape index (κ2) is 9.16. The Morgan fingerprint density at radius 2 is 1.59 bits per heavy atom. The van der Waals surface area contributed by atoms with E-state index in [1.54, 1.807) is 29.2 Å². The largest absolute Gasteiger partial charge is 0.346 e. The molecule has 32 heavy (non-hydrogen) atoms. The van der Waals surface area contributed by atoms with Crippen molar-refractivity contribution in [2.45, 2.75) is 30.6 Å². The number of carbonyl (C=O) groups is 2. The van der Waals surface area contributed by atoms with Gasteiger partial charge >= 0.3 is 0 Å². The van der Waals surface area contributed by atoms with Crippen molar-refractivity contribution < 1.29 is 18.0 Å². The third-order valence-electron chi connectivity index (χ3n) is 6.18. The van der Waals surface area contributed by atoms with Gasteiger partial charge in [-0.15, -0.1) is 0 Å². The maximum absolute atomic E-state index is 13.6. The number of amides is 2. The van der Waals surface area contributed by atoms with Crippen LogP contribution in [0.4, 0.5) is 5.69 Å². The molecule has 8 heteroatoms. The van der Waals surface area contributed by atoms with Gasteiger partial charge in [-0.05, 0) is 49.1 Å². The monoisotopic (exact) mass is 453 g/mol. The molecule has 2 aliphatic rings. The normalized spacial score (nSPS) is 19.2. The summed E-state index contributed by atoms with van der Waals surface area (Å²) in [6.45, 7) is 4.60. The van der Waals surface area contributed by atoms with Crippen molar-refractivity contribution in [1.29, 1.82) is 0 Å². The Morgan fingerprint density at radius 3 is 2.28 bits per heavy atom. The SMILES string of the molecule is C=CC(=O)NC1CCN(S(=O)(=O)C2CCN(C(=O)c3ccccc3)CC2)c2ccccc21. The number of hydrogen-bond donors (Lipinski definition) is 1. The first-order valence-electron chi connectivity index (χ1n) is 10.8. The van der Waals surface area contributed by atoms with E-state index in [0.29, 0.717) is 50.1 Å². The van der Waals surface area contributed by atoms with Crippen LogP contribution in [-0.4, -0.2) is 50.0 Å². The fourth-order valence-electron chi connectivity index (χ4n) is 4.48. The number of anilines is 1. The zero-order valence-corrected chi connectivity index (χ0v) is 18.6. The van der Waals surface area contributed by atoms with Crippen molar-refractivity contribution >= 4 is 27.5 Å². The summed E-state index contributed by atoms with van der Waals surface area (Å²) in [5.41, 5.74) is 2.01. The number of fused-ring (bicyclic) bond motifs is 1. The van der Waals surface area contributed by atoms with Gasteiger partial charge in [0, 0.05) is 25.2 Å². The van der Waals surface area contributed by atoms with Crippen molar-refractivity contribution in [3.05, 3.63) is 78.4 Å². The van der Waals surface area contributed by atoms with Gasteiger partial charge in [-0.1, -0.05) is 43.0 Å². The molecule has 0 bridgehead atoms. The predicted molar refractivity (Wildman–Crippen MR) is 124 cm³/mol. The molecule has 1 N–H and O–H groups in total. The lowest BCUT2D eigenvalue weighted by molar-refractivity contribution is -0.117. The Kier molecular flexibility index (Phi) is 6.32. The number of rotatable bonds is 5. The van der Waals surface area contributed by atoms with Crippen LogP contribution in [0.25, 0.3) is 0 Å². The Bertz CT molecular complexity index is 1110. The Balaban J connectivity index is 1.49. The predicted octanol–water partition coefficient (Wildman–Crippen LogP) is 2.87. The molecule has 2 aromatic carbocycles. The van der Waals surface area contributed by atoms with Crippen molar-refractivity contribution in [2.75, 3.05) is 23.9 Å². The molecule has 7 nitrogen and oxygen atoms in total. The molecule has 0 aromatic heterocycles. The van der Waals surface area contributed by atoms with Gasteiger partial charge in [-0.3, -0.25) is 13.9 Å². The number of piperidine rings is 1. The number of benzene rings is 2. The molecule has 1 saturated heterocycles. The molecule has 0 radical (unpaired) electrons. The van der Waals surface area contributed by atoms with Crippen LogP contribution in [0.1, 0.15) is 41.2 Å². The van der Waals surface area contributed by atoms with E-state index in [0.717, 1.165) is 5.56 Å². The number of sulfonamides is 1. The molecule has 1 atom stereocenters. The van der Waals surface area contributed by atoms with Gasteiger partial charge < -0.3 is 10.2 Å². The number of likely N-dealkylation sites (tertiary alicyclic amines) is 1. The zero-order valence-electron chi connectivity index (χ0n) is 17.8. The number of nitrogens with zero attached hydrogens (tertiary/aromatic N) is 2. The fraction of sp³-hybridized carbons (Fsp3) is 0.333. The molecule has 168 valence electrons. The van der Waals surface area contributed by atoms with Crippen LogP contribution in [0.3, 0.4) is 0 Å². The van der Waals surface area contributed by atoms with Gasteiger partial charge in [-0.25, -0.2) is 8.42 Å². The average Bonchev–Trinajstić information content (AvgIpc) is 2.84. The van der Waals surface area contributed by atoms with E-state index in [-0.39, 0.29) is 17.9 Å². The molecule has 0 aliphatic carbocycles. The van der Waals surface area contributed by atoms with E-state index >= 15 is 0 Å². The third kappa shape index (κ3) is 4.27. The average molecular weight is 454 g/mol. The smallest absolute Gasteiger partial charge is 0.253 e. The summed E-state index contributed by atoms with van der Waals surface area (Å²) in [7, 11) is -3.61. The second-order valence-electron chi connectivity index (χ2n) is 8.09. The number of carbonyl (C=O) groups excluding carboxylic acids is 2. The molecular formula is C24H27N3O4S. The van der Waals surface area contributed by atoms with Crippen molar-refractivity contribution in [1.82, 2.24) is 10.2 Å². The molecular weight excluding hydrogens is 426 g/mol. The molecule has 1 unspecified atom stereocenters. The summed E-state index contributed by atoms with van der Waals surface area (Å²) in [6, 6.07) is 16.1. The maximum atomic E-state index is 13.6. The first-order valence-corrected chi connectivity index (χ1v) is 12.3. The molecule has 0 saturated carbocycles. The number of hydrogen-bond acceptors (Lipinski definition) is 4. The quantitative estimate of drug-likeness (QED) is 0.706. The summed E-state index contributed by atoms with van der Waals surface area (Å²) in [5.74, 6) is -0.345. The maximum Gasteiger partial charge on any atom is 0.253 e. The Labute approximate surface area is 188 Å². The highest BCUT2D eigenvalue weighted by molar-refractivity contribution is 7.93. The molecule has 2 amide bonds. The van der Waals surface area contributed by atoms with Crippen molar-refractivity contribution in [3.8, 4) is 0 Å². The second-order valence-corrected chi connectivity index (χ2v) is 10.2. The first kappa shape index (κ1) is 22.1. The molecule has 2 heterocycles. The van der Waals surface area contributed by atoms with E-state index in [1.165, 1.54) is 10.4 Å². The summed E-state index contributed by atoms with van der Waals surface area (Å²) in [4.78, 5) is 26.2. The minimum Gasteiger partial charge on any atom is -0.346 e. The number of nitrogens with one attached hydrogen (secondary N) is 1. The molecule has 1 fully saturated rings. The van der Waals surface area contributed by atoms with Crippen LogP contribution in [-0.2, 0) is 14.8 Å². The van der Waals surface area contributed by atoms with Gasteiger partial charge in [0.05, 0.1) is 17.0 Å². The summed E-state index contributed by atoms with van der Waals surface area (Å²) in [6.07, 6.45) is 2.50. The van der Waals surface area contributed by atoms with Crippen LogP contribution in [0.2, 0.25) is 0 Å². The van der Waals surface area contributed by atoms with E-state index in [4.69, 9.17) is 0 Å². The minimum atomic E-state index is -3.61. The highest BCUT2D eigenvalue weighted by Crippen LogP contribution is 2.37. The van der Waals surface area contributed by atoms with Gasteiger partial charge in [0.25, 0.3) is 5.91 Å². The van der Waals surface area contributed by atoms with E-state index in [9.17, 15) is 18.0 Å². The summed E-state index contributed by atoms with van der Waals surface area (Å²) >= 11 is 0. The van der Waals surface area contributed by atoms with Crippen LogP contribution < -0.4 is 9.62 Å². The Morgan fingerprint density at radius 1 is 0.938 bits per heavy atom. The van der Waals surface area contributed by atoms with Crippen molar-refractivity contribution in [3.63, 3.8) is 0 Å². The van der Waals surface area contributed by atoms with Crippen LogP contribution in [0, 0.1) is 0 Å². The topological polar surface area (TPSA) is 86.8 Å². The number of para-hydroxylation sites is 1. The van der Waals surface area contributed by atoms with E-state index in [1.807, 2.05) is 30.3 Å². The van der Waals surface area contributed by atoms with Gasteiger partial charge in [-0.2, -0.15) is 0 Å². The summed E-state index contributed by atoms with van der Waals surface area (Å²) in [5, 5.41) is 2.34. The zero-order chi connectivity index (χ0) is 22.7. The molecule has 0 spiro atoms. The highest BCUT2D eigenvalue weighted by Gasteiger charge is 2.39. The minimum absolute atomic E-state index is 0.0643. The lowest BCUT2D eigenvalue weighted by Gasteiger charge is -2.39. The Hall–Kier alpha value is -3.13. The van der Waals surface area contributed by atoms with Gasteiger partial charge in [0.1, 0.15) is 0 Å². The van der Waals surface area contributed by atoms with Crippen molar-refractivity contribution in [2.24, 2.45) is 0 Å².